The Morgan fingerprint density at radius 1 is 1.23 bits per heavy atom. The van der Waals surface area contributed by atoms with Gasteiger partial charge in [0.05, 0.1) is 13.1 Å². The predicted octanol–water partition coefficient (Wildman–Crippen LogP) is 2.64. The SMILES string of the molecule is CN=C(NCCCN(C)CC(F)(F)F)NCC(C)Oc1ccc(F)cc1. The highest BCUT2D eigenvalue weighted by molar-refractivity contribution is 5.79. The Kier molecular flexibility index (Phi) is 9.18. The lowest BCUT2D eigenvalue weighted by Gasteiger charge is -2.20. The summed E-state index contributed by atoms with van der Waals surface area (Å²) in [5.74, 6) is 0.781. The van der Waals surface area contributed by atoms with Crippen LogP contribution >= 0.6 is 0 Å². The smallest absolute Gasteiger partial charge is 0.401 e. The number of hydrogen-bond acceptors (Lipinski definition) is 3. The molecule has 1 rings (SSSR count). The van der Waals surface area contributed by atoms with Crippen molar-refractivity contribution in [2.24, 2.45) is 4.99 Å². The molecule has 2 N–H and O–H groups in total. The van der Waals surface area contributed by atoms with Gasteiger partial charge >= 0.3 is 6.18 Å². The van der Waals surface area contributed by atoms with Crippen LogP contribution in [0.2, 0.25) is 0 Å². The minimum atomic E-state index is -4.18. The van der Waals surface area contributed by atoms with Gasteiger partial charge in [0, 0.05) is 13.6 Å². The molecule has 0 amide bonds. The first-order valence-corrected chi connectivity index (χ1v) is 8.31. The zero-order valence-corrected chi connectivity index (χ0v) is 15.2. The normalized spacial score (nSPS) is 13.6. The predicted molar refractivity (Wildman–Crippen MR) is 94.0 cm³/mol. The number of guanidine groups is 1. The molecule has 0 heterocycles. The maximum Gasteiger partial charge on any atom is 0.401 e. The van der Waals surface area contributed by atoms with Crippen LogP contribution in [0.4, 0.5) is 17.6 Å². The van der Waals surface area contributed by atoms with Crippen molar-refractivity contribution in [3.8, 4) is 5.75 Å². The maximum atomic E-state index is 12.9. The third kappa shape index (κ3) is 10.1. The molecule has 0 bridgehead atoms. The summed E-state index contributed by atoms with van der Waals surface area (Å²) in [6, 6.07) is 5.75. The maximum absolute atomic E-state index is 12.9. The number of nitrogens with one attached hydrogen (secondary N) is 2. The fourth-order valence-electron chi connectivity index (χ4n) is 2.19. The van der Waals surface area contributed by atoms with Gasteiger partial charge in [-0.1, -0.05) is 0 Å². The Hall–Kier alpha value is -2.03. The van der Waals surface area contributed by atoms with Crippen molar-refractivity contribution in [3.63, 3.8) is 0 Å². The Bertz CT molecular complexity index is 549. The van der Waals surface area contributed by atoms with Crippen molar-refractivity contribution in [1.29, 1.82) is 0 Å². The quantitative estimate of drug-likeness (QED) is 0.300. The van der Waals surface area contributed by atoms with Crippen LogP contribution in [0.15, 0.2) is 29.3 Å². The number of alkyl halides is 3. The standard InChI is InChI=1S/C17H26F4N4O/c1-13(26-15-7-5-14(18)6-8-15)11-24-16(22-2)23-9-4-10-25(3)12-17(19,20)21/h5-8,13H,4,9-12H2,1-3H3,(H2,22,23,24). The van der Waals surface area contributed by atoms with Gasteiger partial charge in [0.2, 0.25) is 0 Å². The summed E-state index contributed by atoms with van der Waals surface area (Å²) in [5.41, 5.74) is 0. The van der Waals surface area contributed by atoms with Crippen LogP contribution in [0, 0.1) is 5.82 Å². The molecule has 26 heavy (non-hydrogen) atoms. The second-order valence-corrected chi connectivity index (χ2v) is 5.97. The van der Waals surface area contributed by atoms with Crippen LogP contribution in [-0.2, 0) is 0 Å². The first kappa shape index (κ1) is 22.0. The molecule has 0 aliphatic heterocycles. The zero-order chi connectivity index (χ0) is 19.6. The monoisotopic (exact) mass is 378 g/mol. The second-order valence-electron chi connectivity index (χ2n) is 5.97. The van der Waals surface area contributed by atoms with Gasteiger partial charge in [0.1, 0.15) is 17.7 Å². The van der Waals surface area contributed by atoms with Crippen molar-refractivity contribution in [2.45, 2.75) is 25.6 Å². The molecule has 1 aromatic rings. The van der Waals surface area contributed by atoms with Crippen LogP contribution in [0.25, 0.3) is 0 Å². The summed E-state index contributed by atoms with van der Waals surface area (Å²) in [4.78, 5) is 5.28. The molecule has 0 fully saturated rings. The van der Waals surface area contributed by atoms with Crippen molar-refractivity contribution in [2.75, 3.05) is 40.3 Å². The number of ether oxygens (including phenoxy) is 1. The van der Waals surface area contributed by atoms with Crippen LogP contribution in [-0.4, -0.2) is 63.4 Å². The third-order valence-electron chi connectivity index (χ3n) is 3.39. The number of aliphatic imine (C=N–C) groups is 1. The van der Waals surface area contributed by atoms with Crippen LogP contribution in [0.5, 0.6) is 5.75 Å². The molecule has 5 nitrogen and oxygen atoms in total. The van der Waals surface area contributed by atoms with Gasteiger partial charge in [0.25, 0.3) is 0 Å². The van der Waals surface area contributed by atoms with E-state index < -0.39 is 12.7 Å². The average molecular weight is 378 g/mol. The van der Waals surface area contributed by atoms with E-state index in [9.17, 15) is 17.6 Å². The molecule has 0 aromatic heterocycles. The molecule has 0 saturated heterocycles. The van der Waals surface area contributed by atoms with E-state index in [4.69, 9.17) is 4.74 Å². The van der Waals surface area contributed by atoms with Crippen molar-refractivity contribution in [3.05, 3.63) is 30.1 Å². The fourth-order valence-corrected chi connectivity index (χ4v) is 2.19. The van der Waals surface area contributed by atoms with Gasteiger partial charge < -0.3 is 15.4 Å². The molecule has 9 heteroatoms. The first-order chi connectivity index (χ1) is 12.2. The molecular weight excluding hydrogens is 352 g/mol. The summed E-state index contributed by atoms with van der Waals surface area (Å²) in [6.45, 7) is 2.22. The fraction of sp³-hybridized carbons (Fsp3) is 0.588. The zero-order valence-electron chi connectivity index (χ0n) is 15.2. The average Bonchev–Trinajstić information content (AvgIpc) is 2.54. The summed E-state index contributed by atoms with van der Waals surface area (Å²) in [7, 11) is 3.05. The van der Waals surface area contributed by atoms with Gasteiger partial charge in [-0.05, 0) is 51.2 Å². The minimum absolute atomic E-state index is 0.183. The Balaban J connectivity index is 2.23. The molecule has 1 aromatic carbocycles. The molecule has 0 radical (unpaired) electrons. The van der Waals surface area contributed by atoms with Gasteiger partial charge in [-0.15, -0.1) is 0 Å². The molecular formula is C17H26F4N4O. The molecule has 0 aliphatic rings. The Morgan fingerprint density at radius 2 is 1.88 bits per heavy atom. The number of rotatable bonds is 9. The summed E-state index contributed by atoms with van der Waals surface area (Å²) in [5, 5.41) is 6.11. The minimum Gasteiger partial charge on any atom is -0.489 e. The molecule has 0 aliphatic carbocycles. The van der Waals surface area contributed by atoms with Gasteiger partial charge in [0.15, 0.2) is 5.96 Å². The number of halogens is 4. The van der Waals surface area contributed by atoms with E-state index in [0.717, 1.165) is 0 Å². The van der Waals surface area contributed by atoms with Crippen molar-refractivity contribution in [1.82, 2.24) is 15.5 Å². The Labute approximate surface area is 151 Å². The Morgan fingerprint density at radius 3 is 2.46 bits per heavy atom. The largest absolute Gasteiger partial charge is 0.489 e. The van der Waals surface area contributed by atoms with Gasteiger partial charge in [-0.25, -0.2) is 4.39 Å². The molecule has 148 valence electrons. The molecule has 1 unspecified atom stereocenters. The van der Waals surface area contributed by atoms with Crippen molar-refractivity contribution >= 4 is 5.96 Å². The van der Waals surface area contributed by atoms with E-state index >= 15 is 0 Å². The van der Waals surface area contributed by atoms with E-state index in [1.165, 1.54) is 24.1 Å². The summed E-state index contributed by atoms with van der Waals surface area (Å²) >= 11 is 0. The highest BCUT2D eigenvalue weighted by Gasteiger charge is 2.28. The van der Waals surface area contributed by atoms with Crippen LogP contribution in [0.1, 0.15) is 13.3 Å². The molecule has 0 spiro atoms. The van der Waals surface area contributed by atoms with Crippen LogP contribution in [0.3, 0.4) is 0 Å². The first-order valence-electron chi connectivity index (χ1n) is 8.31. The van der Waals surface area contributed by atoms with Gasteiger partial charge in [-0.2, -0.15) is 13.2 Å². The van der Waals surface area contributed by atoms with E-state index in [-0.39, 0.29) is 11.9 Å². The van der Waals surface area contributed by atoms with Crippen molar-refractivity contribution < 1.29 is 22.3 Å². The third-order valence-corrected chi connectivity index (χ3v) is 3.39. The topological polar surface area (TPSA) is 48.9 Å². The number of nitrogens with zero attached hydrogens (tertiary/aromatic N) is 2. The lowest BCUT2D eigenvalue weighted by atomic mass is 10.3. The second kappa shape index (κ2) is 10.8. The van der Waals surface area contributed by atoms with Crippen LogP contribution < -0.4 is 15.4 Å². The highest BCUT2D eigenvalue weighted by atomic mass is 19.4. The molecule has 0 saturated carbocycles. The summed E-state index contributed by atoms with van der Waals surface area (Å²) in [6.07, 6.45) is -3.81. The van der Waals surface area contributed by atoms with E-state index in [1.807, 2.05) is 6.92 Å². The number of hydrogen-bond donors (Lipinski definition) is 2. The van der Waals surface area contributed by atoms with Gasteiger partial charge in [-0.3, -0.25) is 9.89 Å². The van der Waals surface area contributed by atoms with E-state index in [2.05, 4.69) is 15.6 Å². The van der Waals surface area contributed by atoms with E-state index in [1.54, 1.807) is 19.2 Å². The number of benzene rings is 1. The highest BCUT2D eigenvalue weighted by Crippen LogP contribution is 2.15. The lowest BCUT2D eigenvalue weighted by Crippen LogP contribution is -2.42. The van der Waals surface area contributed by atoms with E-state index in [0.29, 0.717) is 37.8 Å². The summed E-state index contributed by atoms with van der Waals surface area (Å²) < 4.78 is 55.2. The lowest BCUT2D eigenvalue weighted by molar-refractivity contribution is -0.143. The molecule has 1 atom stereocenters.